The Hall–Kier alpha value is -1.95. The summed E-state index contributed by atoms with van der Waals surface area (Å²) in [5, 5.41) is 2.60. The van der Waals surface area contributed by atoms with Gasteiger partial charge in [-0.05, 0) is 39.7 Å². The maximum atomic E-state index is 12.0. The van der Waals surface area contributed by atoms with Gasteiger partial charge in [0.1, 0.15) is 6.61 Å². The van der Waals surface area contributed by atoms with Gasteiger partial charge in [-0.3, -0.25) is 4.79 Å². The molecule has 8 nitrogen and oxygen atoms in total. The smallest absolute Gasteiger partial charge is 0.250 e. The molecule has 0 atom stereocenters. The van der Waals surface area contributed by atoms with E-state index in [1.807, 2.05) is 30.3 Å². The highest BCUT2D eigenvalue weighted by Gasteiger charge is 2.29. The number of nitrogens with one attached hydrogen (secondary N) is 1. The molecule has 0 saturated carbocycles. The van der Waals surface area contributed by atoms with Crippen LogP contribution in [0.2, 0.25) is 0 Å². The van der Waals surface area contributed by atoms with Crippen LogP contribution in [0.1, 0.15) is 5.56 Å². The Labute approximate surface area is 172 Å². The summed E-state index contributed by atoms with van der Waals surface area (Å²) in [4.78, 5) is 12.0. The molecule has 0 bridgehead atoms. The summed E-state index contributed by atoms with van der Waals surface area (Å²) in [6, 6.07) is 13.5. The first kappa shape index (κ1) is 22.3. The number of halogens is 1. The Morgan fingerprint density at radius 1 is 1.04 bits per heavy atom. The summed E-state index contributed by atoms with van der Waals surface area (Å²) < 4.78 is 53.3. The van der Waals surface area contributed by atoms with Crippen molar-refractivity contribution in [3.05, 3.63) is 58.6 Å². The minimum atomic E-state index is -4.06. The monoisotopic (exact) mass is 490 g/mol. The van der Waals surface area contributed by atoms with Crippen molar-refractivity contribution in [1.29, 1.82) is 0 Å². The van der Waals surface area contributed by atoms with Crippen LogP contribution in [0, 0.1) is 0 Å². The molecule has 152 valence electrons. The van der Waals surface area contributed by atoms with Crippen molar-refractivity contribution in [2.45, 2.75) is 6.61 Å². The van der Waals surface area contributed by atoms with Gasteiger partial charge < -0.3 is 10.1 Å². The molecule has 0 aliphatic heterocycles. The Kier molecular flexibility index (Phi) is 7.21. The lowest BCUT2D eigenvalue weighted by Gasteiger charge is -2.21. The van der Waals surface area contributed by atoms with Gasteiger partial charge >= 0.3 is 0 Å². The summed E-state index contributed by atoms with van der Waals surface area (Å²) in [5.74, 6) is -0.404. The quantitative estimate of drug-likeness (QED) is 0.607. The summed E-state index contributed by atoms with van der Waals surface area (Å²) in [5.41, 5.74) is 1.21. The van der Waals surface area contributed by atoms with Crippen LogP contribution in [-0.4, -0.2) is 41.9 Å². The topological polar surface area (TPSA) is 110 Å². The number of anilines is 2. The molecule has 0 aliphatic rings. The number of benzene rings is 2. The molecule has 1 N–H and O–H groups in total. The van der Waals surface area contributed by atoms with E-state index >= 15 is 0 Å². The van der Waals surface area contributed by atoms with Crippen molar-refractivity contribution >= 4 is 53.3 Å². The van der Waals surface area contributed by atoms with E-state index in [4.69, 9.17) is 4.74 Å². The lowest BCUT2D eigenvalue weighted by Crippen LogP contribution is -2.35. The number of hydrogen-bond donors (Lipinski definition) is 1. The lowest BCUT2D eigenvalue weighted by molar-refractivity contribution is -0.121. The molecular weight excluding hydrogens is 472 g/mol. The molecule has 0 unspecified atom stereocenters. The third kappa shape index (κ3) is 6.30. The van der Waals surface area contributed by atoms with Gasteiger partial charge in [0.25, 0.3) is 0 Å². The second kappa shape index (κ2) is 9.03. The van der Waals surface area contributed by atoms with Gasteiger partial charge in [0.05, 0.1) is 24.8 Å². The summed E-state index contributed by atoms with van der Waals surface area (Å²) in [7, 11) is -8.13. The number of carbonyl (C=O) groups is 1. The van der Waals surface area contributed by atoms with E-state index in [-0.39, 0.29) is 23.4 Å². The number of carbonyl (C=O) groups excluding carboxylic acids is 1. The second-order valence-corrected chi connectivity index (χ2v) is 10.7. The molecular formula is C17H19BrN2O6S2. The van der Waals surface area contributed by atoms with E-state index in [0.29, 0.717) is 9.40 Å². The number of ether oxygens (including phenoxy) is 1. The minimum absolute atomic E-state index is 0.0803. The zero-order chi connectivity index (χ0) is 20.9. The Morgan fingerprint density at radius 3 is 2.18 bits per heavy atom. The van der Waals surface area contributed by atoms with Crippen LogP contribution in [0.4, 0.5) is 11.4 Å². The molecule has 2 rings (SSSR count). The van der Waals surface area contributed by atoms with Crippen LogP contribution < -0.4 is 9.03 Å². The van der Waals surface area contributed by atoms with E-state index in [9.17, 15) is 21.6 Å². The van der Waals surface area contributed by atoms with E-state index in [1.165, 1.54) is 18.2 Å². The van der Waals surface area contributed by atoms with E-state index in [0.717, 1.165) is 18.1 Å². The van der Waals surface area contributed by atoms with Gasteiger partial charge in [-0.25, -0.2) is 16.8 Å². The van der Waals surface area contributed by atoms with Crippen LogP contribution in [0.3, 0.4) is 0 Å². The van der Waals surface area contributed by atoms with Crippen molar-refractivity contribution in [2.24, 2.45) is 0 Å². The highest BCUT2D eigenvalue weighted by Crippen LogP contribution is 2.32. The van der Waals surface area contributed by atoms with Gasteiger partial charge in [-0.1, -0.05) is 30.3 Å². The van der Waals surface area contributed by atoms with E-state index in [2.05, 4.69) is 21.2 Å². The molecule has 2 aromatic rings. The Balaban J connectivity index is 2.06. The predicted octanol–water partition coefficient (Wildman–Crippen LogP) is 2.33. The predicted molar refractivity (Wildman–Crippen MR) is 111 cm³/mol. The molecule has 0 aromatic heterocycles. The lowest BCUT2D eigenvalue weighted by atomic mass is 10.2. The molecule has 1 amide bonds. The van der Waals surface area contributed by atoms with Gasteiger partial charge in [-0.15, -0.1) is 0 Å². The first-order chi connectivity index (χ1) is 13.0. The van der Waals surface area contributed by atoms with Gasteiger partial charge in [0, 0.05) is 10.2 Å². The van der Waals surface area contributed by atoms with Gasteiger partial charge in [-0.2, -0.15) is 3.71 Å². The van der Waals surface area contributed by atoms with Crippen molar-refractivity contribution in [3.8, 4) is 0 Å². The van der Waals surface area contributed by atoms with Crippen molar-refractivity contribution in [1.82, 2.24) is 0 Å². The number of hydrogen-bond acceptors (Lipinski definition) is 6. The molecule has 0 radical (unpaired) electrons. The summed E-state index contributed by atoms with van der Waals surface area (Å²) >= 11 is 3.15. The maximum Gasteiger partial charge on any atom is 0.250 e. The van der Waals surface area contributed by atoms with Crippen LogP contribution >= 0.6 is 15.9 Å². The van der Waals surface area contributed by atoms with Crippen molar-refractivity contribution < 1.29 is 26.4 Å². The fourth-order valence-corrected chi connectivity index (χ4v) is 6.16. The fourth-order valence-electron chi connectivity index (χ4n) is 2.37. The third-order valence-electron chi connectivity index (χ3n) is 3.38. The van der Waals surface area contributed by atoms with Crippen molar-refractivity contribution in [3.63, 3.8) is 0 Å². The van der Waals surface area contributed by atoms with Crippen LogP contribution in [0.5, 0.6) is 0 Å². The first-order valence-corrected chi connectivity index (χ1v) is 12.4. The van der Waals surface area contributed by atoms with Crippen LogP contribution in [0.25, 0.3) is 0 Å². The number of amides is 1. The first-order valence-electron chi connectivity index (χ1n) is 7.90. The fraction of sp³-hybridized carbons (Fsp3) is 0.235. The minimum Gasteiger partial charge on any atom is -0.367 e. The third-order valence-corrected chi connectivity index (χ3v) is 7.23. The molecule has 0 fully saturated rings. The standard InChI is InChI=1S/C17H19BrN2O6S2/c1-27(22,23)20(28(2,24)25)16-9-8-14(10-15(16)18)19-17(21)12-26-11-13-6-4-3-5-7-13/h3-10H,11-12H2,1-2H3,(H,19,21). The largest absolute Gasteiger partial charge is 0.367 e. The summed E-state index contributed by atoms with van der Waals surface area (Å²) in [6.45, 7) is 0.113. The average Bonchev–Trinajstić information content (AvgIpc) is 2.56. The normalized spacial score (nSPS) is 11.8. The molecule has 2 aromatic carbocycles. The molecule has 0 saturated heterocycles. The molecule has 0 aliphatic carbocycles. The maximum absolute atomic E-state index is 12.0. The number of rotatable bonds is 8. The van der Waals surface area contributed by atoms with Crippen LogP contribution in [-0.2, 0) is 36.2 Å². The zero-order valence-corrected chi connectivity index (χ0v) is 18.3. The second-order valence-electron chi connectivity index (χ2n) is 5.92. The highest BCUT2D eigenvalue weighted by atomic mass is 79.9. The highest BCUT2D eigenvalue weighted by molar-refractivity contribution is 9.10. The van der Waals surface area contributed by atoms with Gasteiger partial charge in [0.2, 0.25) is 26.0 Å². The van der Waals surface area contributed by atoms with E-state index in [1.54, 1.807) is 0 Å². The molecule has 28 heavy (non-hydrogen) atoms. The number of nitrogens with zero attached hydrogens (tertiary/aromatic N) is 1. The van der Waals surface area contributed by atoms with Gasteiger partial charge in [0.15, 0.2) is 0 Å². The molecule has 0 heterocycles. The average molecular weight is 491 g/mol. The van der Waals surface area contributed by atoms with E-state index < -0.39 is 26.0 Å². The van der Waals surface area contributed by atoms with Crippen LogP contribution in [0.15, 0.2) is 53.0 Å². The SMILES string of the molecule is CS(=O)(=O)N(c1ccc(NC(=O)COCc2ccccc2)cc1Br)S(C)(=O)=O. The molecule has 11 heteroatoms. The van der Waals surface area contributed by atoms with Crippen molar-refractivity contribution in [2.75, 3.05) is 28.1 Å². The number of sulfonamides is 2. The molecule has 0 spiro atoms. The Bertz CT molecular complexity index is 1020. The zero-order valence-electron chi connectivity index (χ0n) is 15.1. The summed E-state index contributed by atoms with van der Waals surface area (Å²) in [6.07, 6.45) is 1.58. The Morgan fingerprint density at radius 2 is 1.64 bits per heavy atom.